The molecule has 88 valence electrons. The first-order chi connectivity index (χ1) is 7.65. The lowest BCUT2D eigenvalue weighted by molar-refractivity contribution is 0.0911. The number of hydrogen-bond acceptors (Lipinski definition) is 2. The molecule has 1 fully saturated rings. The van der Waals surface area contributed by atoms with E-state index in [9.17, 15) is 4.79 Å². The Kier molecular flexibility index (Phi) is 4.08. The van der Waals surface area contributed by atoms with Gasteiger partial charge in [0.1, 0.15) is 0 Å². The van der Waals surface area contributed by atoms with Crippen molar-refractivity contribution < 1.29 is 4.79 Å². The van der Waals surface area contributed by atoms with E-state index in [4.69, 9.17) is 0 Å². The fourth-order valence-electron chi connectivity index (χ4n) is 2.09. The van der Waals surface area contributed by atoms with Crippen molar-refractivity contribution >= 4 is 49.1 Å². The molecule has 1 aliphatic rings. The predicted molar refractivity (Wildman–Crippen MR) is 74.5 cm³/mol. The lowest BCUT2D eigenvalue weighted by atomic mass is 10.0. The predicted octanol–water partition coefficient (Wildman–Crippen LogP) is 3.95. The lowest BCUT2D eigenvalue weighted by Gasteiger charge is -2.27. The fraction of sp³-hybridized carbons (Fsp3) is 0.545. The second kappa shape index (κ2) is 5.19. The third-order valence-corrected chi connectivity index (χ3v) is 5.60. The molecule has 0 aliphatic heterocycles. The molecule has 1 N–H and O–H groups in total. The molecule has 1 aromatic heterocycles. The third kappa shape index (κ3) is 2.68. The van der Waals surface area contributed by atoms with Crippen LogP contribution in [0.25, 0.3) is 0 Å². The van der Waals surface area contributed by atoms with Crippen molar-refractivity contribution in [3.63, 3.8) is 0 Å². The largest absolute Gasteiger partial charge is 0.346 e. The van der Waals surface area contributed by atoms with Crippen LogP contribution in [0, 0.1) is 0 Å². The van der Waals surface area contributed by atoms with Crippen molar-refractivity contribution in [1.82, 2.24) is 5.32 Å². The van der Waals surface area contributed by atoms with E-state index in [1.165, 1.54) is 12.8 Å². The molecule has 2 nitrogen and oxygen atoms in total. The Morgan fingerprint density at radius 2 is 2.19 bits per heavy atom. The SMILES string of the molecule is O=C(NC1(CBr)CCCC1)c1csc(Br)c1. The van der Waals surface area contributed by atoms with Gasteiger partial charge in [-0.05, 0) is 34.8 Å². The zero-order chi connectivity index (χ0) is 11.6. The number of thiophene rings is 1. The van der Waals surface area contributed by atoms with Gasteiger partial charge in [0.2, 0.25) is 0 Å². The standard InChI is InChI=1S/C11H13Br2NOS/c12-7-11(3-1-2-4-11)14-10(15)8-5-9(13)16-6-8/h5-6H,1-4,7H2,(H,14,15). The van der Waals surface area contributed by atoms with Gasteiger partial charge in [0.05, 0.1) is 14.9 Å². The lowest BCUT2D eigenvalue weighted by Crippen LogP contribution is -2.47. The maximum Gasteiger partial charge on any atom is 0.252 e. The van der Waals surface area contributed by atoms with E-state index in [-0.39, 0.29) is 11.4 Å². The zero-order valence-corrected chi connectivity index (χ0v) is 12.8. The summed E-state index contributed by atoms with van der Waals surface area (Å²) in [6.07, 6.45) is 4.57. The number of amides is 1. The van der Waals surface area contributed by atoms with Crippen LogP contribution < -0.4 is 5.32 Å². The number of nitrogens with one attached hydrogen (secondary N) is 1. The quantitative estimate of drug-likeness (QED) is 0.806. The van der Waals surface area contributed by atoms with E-state index in [0.29, 0.717) is 0 Å². The summed E-state index contributed by atoms with van der Waals surface area (Å²) < 4.78 is 0.997. The summed E-state index contributed by atoms with van der Waals surface area (Å²) in [7, 11) is 0. The van der Waals surface area contributed by atoms with Crippen molar-refractivity contribution in [3.05, 3.63) is 20.8 Å². The van der Waals surface area contributed by atoms with Crippen molar-refractivity contribution in [2.45, 2.75) is 31.2 Å². The fourth-order valence-corrected chi connectivity index (χ4v) is 3.92. The summed E-state index contributed by atoms with van der Waals surface area (Å²) in [5.74, 6) is 0.0447. The van der Waals surface area contributed by atoms with E-state index in [1.807, 2.05) is 11.4 Å². The highest BCUT2D eigenvalue weighted by molar-refractivity contribution is 9.11. The van der Waals surface area contributed by atoms with Crippen molar-refractivity contribution in [3.8, 4) is 0 Å². The Hall–Kier alpha value is 0.130. The number of rotatable bonds is 3. The summed E-state index contributed by atoms with van der Waals surface area (Å²) >= 11 is 8.43. The molecule has 1 saturated carbocycles. The topological polar surface area (TPSA) is 29.1 Å². The molecule has 1 aromatic rings. The van der Waals surface area contributed by atoms with Crippen LogP contribution in [0.3, 0.4) is 0 Å². The minimum Gasteiger partial charge on any atom is -0.346 e. The van der Waals surface area contributed by atoms with Gasteiger partial charge in [0, 0.05) is 10.7 Å². The van der Waals surface area contributed by atoms with E-state index >= 15 is 0 Å². The number of carbonyl (C=O) groups is 1. The van der Waals surface area contributed by atoms with Crippen molar-refractivity contribution in [2.75, 3.05) is 5.33 Å². The van der Waals surface area contributed by atoms with Crippen LogP contribution in [0.5, 0.6) is 0 Å². The van der Waals surface area contributed by atoms with Crippen LogP contribution in [0.15, 0.2) is 15.2 Å². The van der Waals surface area contributed by atoms with Crippen LogP contribution in [-0.2, 0) is 0 Å². The highest BCUT2D eigenvalue weighted by atomic mass is 79.9. The van der Waals surface area contributed by atoms with Crippen molar-refractivity contribution in [2.24, 2.45) is 0 Å². The van der Waals surface area contributed by atoms with Gasteiger partial charge in [-0.2, -0.15) is 0 Å². The molecular formula is C11H13Br2NOS. The average Bonchev–Trinajstić information content (AvgIpc) is 2.88. The minimum absolute atomic E-state index is 0.0223. The third-order valence-electron chi connectivity index (χ3n) is 3.02. The molecule has 0 bridgehead atoms. The molecule has 1 aliphatic carbocycles. The maximum absolute atomic E-state index is 12.0. The zero-order valence-electron chi connectivity index (χ0n) is 8.76. The molecule has 0 radical (unpaired) electrons. The first kappa shape index (κ1) is 12.6. The molecule has 5 heteroatoms. The second-order valence-corrected chi connectivity index (χ2v) is 7.07. The molecule has 1 amide bonds. The van der Waals surface area contributed by atoms with Crippen LogP contribution in [0.2, 0.25) is 0 Å². The van der Waals surface area contributed by atoms with Gasteiger partial charge < -0.3 is 5.32 Å². The van der Waals surface area contributed by atoms with E-state index in [0.717, 1.165) is 27.5 Å². The average molecular weight is 367 g/mol. The summed E-state index contributed by atoms with van der Waals surface area (Å²) in [5.41, 5.74) is 0.731. The summed E-state index contributed by atoms with van der Waals surface area (Å²) in [6, 6.07) is 1.87. The number of alkyl halides is 1. The van der Waals surface area contributed by atoms with E-state index in [1.54, 1.807) is 11.3 Å². The van der Waals surface area contributed by atoms with Crippen LogP contribution in [0.4, 0.5) is 0 Å². The monoisotopic (exact) mass is 365 g/mol. The normalized spacial score (nSPS) is 18.6. The molecular weight excluding hydrogens is 354 g/mol. The molecule has 0 atom stereocenters. The Bertz CT molecular complexity index is 385. The van der Waals surface area contributed by atoms with Gasteiger partial charge in [-0.3, -0.25) is 4.79 Å². The Balaban J connectivity index is 2.06. The van der Waals surface area contributed by atoms with Gasteiger partial charge in [0.25, 0.3) is 5.91 Å². The first-order valence-corrected chi connectivity index (χ1v) is 8.07. The number of hydrogen-bond donors (Lipinski definition) is 1. The van der Waals surface area contributed by atoms with Crippen molar-refractivity contribution in [1.29, 1.82) is 0 Å². The van der Waals surface area contributed by atoms with E-state index < -0.39 is 0 Å². The van der Waals surface area contributed by atoms with Gasteiger partial charge in [-0.15, -0.1) is 11.3 Å². The van der Waals surface area contributed by atoms with Gasteiger partial charge in [0.15, 0.2) is 0 Å². The second-order valence-electron chi connectivity index (χ2n) is 4.21. The summed E-state index contributed by atoms with van der Waals surface area (Å²) in [4.78, 5) is 12.0. The Morgan fingerprint density at radius 3 is 2.69 bits per heavy atom. The number of carbonyl (C=O) groups excluding carboxylic acids is 1. The molecule has 0 spiro atoms. The number of halogens is 2. The molecule has 1 heterocycles. The highest BCUT2D eigenvalue weighted by Gasteiger charge is 2.34. The minimum atomic E-state index is -0.0223. The first-order valence-electron chi connectivity index (χ1n) is 5.28. The highest BCUT2D eigenvalue weighted by Crippen LogP contribution is 2.32. The van der Waals surface area contributed by atoms with Crippen LogP contribution >= 0.6 is 43.2 Å². The summed E-state index contributed by atoms with van der Waals surface area (Å²) in [5, 5.41) is 5.90. The maximum atomic E-state index is 12.0. The molecule has 0 aromatic carbocycles. The Labute approximate surface area is 116 Å². The Morgan fingerprint density at radius 1 is 1.50 bits per heavy atom. The van der Waals surface area contributed by atoms with Gasteiger partial charge in [-0.1, -0.05) is 28.8 Å². The summed E-state index contributed by atoms with van der Waals surface area (Å²) in [6.45, 7) is 0. The van der Waals surface area contributed by atoms with Crippen LogP contribution in [-0.4, -0.2) is 16.8 Å². The molecule has 2 rings (SSSR count). The van der Waals surface area contributed by atoms with E-state index in [2.05, 4.69) is 37.2 Å². The molecule has 16 heavy (non-hydrogen) atoms. The van der Waals surface area contributed by atoms with Crippen LogP contribution in [0.1, 0.15) is 36.0 Å². The van der Waals surface area contributed by atoms with Gasteiger partial charge in [-0.25, -0.2) is 0 Å². The smallest absolute Gasteiger partial charge is 0.252 e. The molecule has 0 saturated heterocycles. The molecule has 0 unspecified atom stereocenters. The van der Waals surface area contributed by atoms with Gasteiger partial charge >= 0.3 is 0 Å².